The van der Waals surface area contributed by atoms with Gasteiger partial charge in [-0.05, 0) is 62.7 Å². The lowest BCUT2D eigenvalue weighted by atomic mass is 9.86. The van der Waals surface area contributed by atoms with Crippen LogP contribution in [-0.4, -0.2) is 23.9 Å². The van der Waals surface area contributed by atoms with Gasteiger partial charge in [-0.2, -0.15) is 0 Å². The maximum Gasteiger partial charge on any atom is 0.225 e. The molecule has 0 spiro atoms. The van der Waals surface area contributed by atoms with Gasteiger partial charge in [0, 0.05) is 19.0 Å². The third-order valence-electron chi connectivity index (χ3n) is 5.47. The molecule has 0 aromatic heterocycles. The molecule has 0 aromatic rings. The Morgan fingerprint density at radius 2 is 1.59 bits per heavy atom. The number of fused-ring (bicyclic) bond motifs is 1. The van der Waals surface area contributed by atoms with Crippen LogP contribution in [0.15, 0.2) is 0 Å². The lowest BCUT2D eigenvalue weighted by Crippen LogP contribution is -2.42. The molecule has 0 aliphatic heterocycles. The molecule has 0 N–H and O–H groups in total. The second-order valence-corrected chi connectivity index (χ2v) is 6.79. The first-order valence-electron chi connectivity index (χ1n) is 7.41. The van der Waals surface area contributed by atoms with Crippen molar-refractivity contribution in [3.05, 3.63) is 0 Å². The minimum Gasteiger partial charge on any atom is -0.343 e. The summed E-state index contributed by atoms with van der Waals surface area (Å²) in [5.74, 6) is 3.54. The molecule has 2 nitrogen and oxygen atoms in total. The van der Waals surface area contributed by atoms with Crippen LogP contribution in [0.5, 0.6) is 0 Å². The van der Waals surface area contributed by atoms with Gasteiger partial charge in [0.1, 0.15) is 0 Å². The molecular formula is C15H25NO. The molecule has 17 heavy (non-hydrogen) atoms. The summed E-state index contributed by atoms with van der Waals surface area (Å²) in [7, 11) is 2.05. The van der Waals surface area contributed by atoms with Gasteiger partial charge in [0.15, 0.2) is 0 Å². The number of hydrogen-bond acceptors (Lipinski definition) is 1. The van der Waals surface area contributed by atoms with Crippen LogP contribution in [0, 0.1) is 23.7 Å². The molecule has 3 aliphatic carbocycles. The molecule has 3 fully saturated rings. The molecule has 0 saturated heterocycles. The first-order valence-corrected chi connectivity index (χ1v) is 7.41. The first-order chi connectivity index (χ1) is 8.15. The monoisotopic (exact) mass is 235 g/mol. The molecule has 0 radical (unpaired) electrons. The molecule has 2 unspecified atom stereocenters. The summed E-state index contributed by atoms with van der Waals surface area (Å²) in [5, 5.41) is 0. The molecule has 0 heterocycles. The van der Waals surface area contributed by atoms with Crippen LogP contribution in [-0.2, 0) is 4.79 Å². The van der Waals surface area contributed by atoms with Gasteiger partial charge >= 0.3 is 0 Å². The second-order valence-electron chi connectivity index (χ2n) is 6.79. The van der Waals surface area contributed by atoms with Crippen molar-refractivity contribution >= 4 is 5.91 Å². The van der Waals surface area contributed by atoms with Gasteiger partial charge in [-0.25, -0.2) is 0 Å². The lowest BCUT2D eigenvalue weighted by molar-refractivity contribution is -0.137. The Labute approximate surface area is 105 Å². The standard InChI is InChI=1S/C15H25NO/c1-10-3-5-14(6-4-10)16(2)15(17)13-8-11-7-12(11)9-13/h10-14H,3-9H2,1-2H3. The van der Waals surface area contributed by atoms with Crippen molar-refractivity contribution in [2.24, 2.45) is 23.7 Å². The highest BCUT2D eigenvalue weighted by molar-refractivity contribution is 5.79. The number of carbonyl (C=O) groups is 1. The highest BCUT2D eigenvalue weighted by atomic mass is 16.2. The first kappa shape index (κ1) is 11.6. The number of hydrogen-bond donors (Lipinski definition) is 0. The second kappa shape index (κ2) is 4.29. The van der Waals surface area contributed by atoms with E-state index in [1.807, 2.05) is 7.05 Å². The van der Waals surface area contributed by atoms with Crippen LogP contribution >= 0.6 is 0 Å². The van der Waals surface area contributed by atoms with Crippen molar-refractivity contribution in [3.63, 3.8) is 0 Å². The predicted octanol–water partition coefficient (Wildman–Crippen LogP) is 3.07. The Morgan fingerprint density at radius 1 is 1.00 bits per heavy atom. The summed E-state index contributed by atoms with van der Waals surface area (Å²) in [6.45, 7) is 2.34. The summed E-state index contributed by atoms with van der Waals surface area (Å²) in [5.41, 5.74) is 0. The minimum absolute atomic E-state index is 0.378. The summed E-state index contributed by atoms with van der Waals surface area (Å²) in [4.78, 5) is 14.5. The fourth-order valence-electron chi connectivity index (χ4n) is 4.01. The number of rotatable bonds is 2. The number of nitrogens with zero attached hydrogens (tertiary/aromatic N) is 1. The van der Waals surface area contributed by atoms with E-state index < -0.39 is 0 Å². The average Bonchev–Trinajstić information content (AvgIpc) is 2.95. The summed E-state index contributed by atoms with van der Waals surface area (Å²) < 4.78 is 0. The van der Waals surface area contributed by atoms with Crippen molar-refractivity contribution in [3.8, 4) is 0 Å². The van der Waals surface area contributed by atoms with Gasteiger partial charge in [-0.15, -0.1) is 0 Å². The van der Waals surface area contributed by atoms with Crippen molar-refractivity contribution in [1.29, 1.82) is 0 Å². The highest BCUT2D eigenvalue weighted by Crippen LogP contribution is 2.54. The maximum atomic E-state index is 12.4. The van der Waals surface area contributed by atoms with Crippen LogP contribution in [0.1, 0.15) is 51.9 Å². The molecule has 0 aromatic carbocycles. The van der Waals surface area contributed by atoms with E-state index in [0.717, 1.165) is 17.8 Å². The van der Waals surface area contributed by atoms with Gasteiger partial charge in [-0.1, -0.05) is 6.92 Å². The molecule has 3 aliphatic rings. The Hall–Kier alpha value is -0.530. The molecule has 0 bridgehead atoms. The Balaban J connectivity index is 1.54. The van der Waals surface area contributed by atoms with Crippen LogP contribution in [0.3, 0.4) is 0 Å². The van der Waals surface area contributed by atoms with Gasteiger partial charge in [-0.3, -0.25) is 4.79 Å². The van der Waals surface area contributed by atoms with E-state index in [9.17, 15) is 4.79 Å². The van der Waals surface area contributed by atoms with Gasteiger partial charge in [0.05, 0.1) is 0 Å². The maximum absolute atomic E-state index is 12.4. The molecule has 96 valence electrons. The average molecular weight is 235 g/mol. The number of carbonyl (C=O) groups excluding carboxylic acids is 1. The Morgan fingerprint density at radius 3 is 2.18 bits per heavy atom. The third-order valence-corrected chi connectivity index (χ3v) is 5.47. The zero-order valence-corrected chi connectivity index (χ0v) is 11.2. The zero-order valence-electron chi connectivity index (χ0n) is 11.2. The Kier molecular flexibility index (Phi) is 2.92. The molecule has 2 heteroatoms. The molecule has 2 atom stereocenters. The summed E-state index contributed by atoms with van der Waals surface area (Å²) in [6, 6.07) is 0.538. The van der Waals surface area contributed by atoms with E-state index >= 15 is 0 Å². The normalized spacial score (nSPS) is 44.2. The van der Waals surface area contributed by atoms with E-state index in [-0.39, 0.29) is 0 Å². The highest BCUT2D eigenvalue weighted by Gasteiger charge is 2.48. The lowest BCUT2D eigenvalue weighted by Gasteiger charge is -2.35. The van der Waals surface area contributed by atoms with Crippen LogP contribution in [0.25, 0.3) is 0 Å². The van der Waals surface area contributed by atoms with E-state index in [1.165, 1.54) is 44.9 Å². The van der Waals surface area contributed by atoms with E-state index in [4.69, 9.17) is 0 Å². The summed E-state index contributed by atoms with van der Waals surface area (Å²) >= 11 is 0. The number of amides is 1. The van der Waals surface area contributed by atoms with E-state index in [2.05, 4.69) is 11.8 Å². The van der Waals surface area contributed by atoms with Gasteiger partial charge in [0.25, 0.3) is 0 Å². The van der Waals surface area contributed by atoms with E-state index in [0.29, 0.717) is 17.9 Å². The zero-order chi connectivity index (χ0) is 12.0. The molecule has 1 amide bonds. The quantitative estimate of drug-likeness (QED) is 0.720. The molecule has 3 rings (SSSR count). The van der Waals surface area contributed by atoms with Crippen molar-refractivity contribution in [1.82, 2.24) is 4.90 Å². The van der Waals surface area contributed by atoms with Gasteiger partial charge < -0.3 is 4.90 Å². The van der Waals surface area contributed by atoms with Gasteiger partial charge in [0.2, 0.25) is 5.91 Å². The van der Waals surface area contributed by atoms with Crippen molar-refractivity contribution in [2.45, 2.75) is 57.9 Å². The third kappa shape index (κ3) is 2.23. The molecular weight excluding hydrogens is 210 g/mol. The van der Waals surface area contributed by atoms with Crippen molar-refractivity contribution < 1.29 is 4.79 Å². The van der Waals surface area contributed by atoms with Crippen LogP contribution in [0.4, 0.5) is 0 Å². The van der Waals surface area contributed by atoms with Crippen molar-refractivity contribution in [2.75, 3.05) is 7.05 Å². The topological polar surface area (TPSA) is 20.3 Å². The molecule has 3 saturated carbocycles. The smallest absolute Gasteiger partial charge is 0.225 e. The fourth-order valence-corrected chi connectivity index (χ4v) is 4.01. The largest absolute Gasteiger partial charge is 0.343 e. The fraction of sp³-hybridized carbons (Fsp3) is 0.933. The SMILES string of the molecule is CC1CCC(N(C)C(=O)C2CC3CC3C2)CC1. The minimum atomic E-state index is 0.378. The Bertz CT molecular complexity index is 296. The predicted molar refractivity (Wildman–Crippen MR) is 68.5 cm³/mol. The van der Waals surface area contributed by atoms with E-state index in [1.54, 1.807) is 0 Å². The summed E-state index contributed by atoms with van der Waals surface area (Å²) in [6.07, 6.45) is 8.85. The van der Waals surface area contributed by atoms with Crippen LogP contribution in [0.2, 0.25) is 0 Å². The van der Waals surface area contributed by atoms with Crippen LogP contribution < -0.4 is 0 Å².